The first-order valence-corrected chi connectivity index (χ1v) is 9.01. The molecule has 0 bridgehead atoms. The van der Waals surface area contributed by atoms with Gasteiger partial charge in [-0.2, -0.15) is 5.10 Å². The Hall–Kier alpha value is -2.83. The minimum absolute atomic E-state index is 0.0624. The Bertz CT molecular complexity index is 754. The molecule has 1 saturated heterocycles. The Kier molecular flexibility index (Phi) is 5.55. The normalized spacial score (nSPS) is 14.6. The number of hydrogen-bond donors (Lipinski definition) is 2. The molecule has 0 radical (unpaired) electrons. The number of nitrogens with one attached hydrogen (secondary N) is 2. The van der Waals surface area contributed by atoms with Crippen molar-refractivity contribution in [3.8, 4) is 0 Å². The van der Waals surface area contributed by atoms with Crippen LogP contribution in [0, 0.1) is 6.92 Å². The molecule has 1 aliphatic heterocycles. The Labute approximate surface area is 153 Å². The van der Waals surface area contributed by atoms with Crippen LogP contribution in [0.4, 0.5) is 16.2 Å². The highest BCUT2D eigenvalue weighted by atomic mass is 16.2. The standard InChI is InChI=1S/C19H25N5O2/c1-14-13-17(22-23(14)2)18(25)20-15-7-9-16(10-8-15)21-19(26)24-11-5-3-4-6-12-24/h7-10,13H,3-6,11-12H2,1-2H3,(H,20,25)(H,21,26). The molecule has 0 atom stereocenters. The van der Waals surface area contributed by atoms with E-state index in [1.807, 2.05) is 11.8 Å². The lowest BCUT2D eigenvalue weighted by Gasteiger charge is -2.20. The second-order valence-corrected chi connectivity index (χ2v) is 6.66. The van der Waals surface area contributed by atoms with Crippen molar-refractivity contribution in [2.75, 3.05) is 23.7 Å². The van der Waals surface area contributed by atoms with Gasteiger partial charge in [-0.3, -0.25) is 9.48 Å². The number of anilines is 2. The fourth-order valence-electron chi connectivity index (χ4n) is 2.98. The molecule has 7 nitrogen and oxygen atoms in total. The number of hydrogen-bond acceptors (Lipinski definition) is 3. The van der Waals surface area contributed by atoms with E-state index < -0.39 is 0 Å². The number of rotatable bonds is 3. The third kappa shape index (κ3) is 4.41. The molecule has 1 aromatic carbocycles. The second-order valence-electron chi connectivity index (χ2n) is 6.66. The molecule has 1 aromatic heterocycles. The van der Waals surface area contributed by atoms with Gasteiger partial charge in [0.25, 0.3) is 5.91 Å². The summed E-state index contributed by atoms with van der Waals surface area (Å²) in [6.07, 6.45) is 4.50. The van der Waals surface area contributed by atoms with E-state index in [0.29, 0.717) is 17.1 Å². The van der Waals surface area contributed by atoms with Gasteiger partial charge in [-0.25, -0.2) is 4.79 Å². The average Bonchev–Trinajstić information content (AvgIpc) is 2.83. The van der Waals surface area contributed by atoms with Crippen LogP contribution in [-0.4, -0.2) is 39.7 Å². The Morgan fingerprint density at radius 3 is 2.08 bits per heavy atom. The average molecular weight is 355 g/mol. The van der Waals surface area contributed by atoms with Gasteiger partial charge >= 0.3 is 6.03 Å². The molecule has 0 unspecified atom stereocenters. The van der Waals surface area contributed by atoms with Crippen LogP contribution in [0.1, 0.15) is 41.9 Å². The quantitative estimate of drug-likeness (QED) is 0.886. The van der Waals surface area contributed by atoms with Gasteiger partial charge in [-0.05, 0) is 50.1 Å². The van der Waals surface area contributed by atoms with Gasteiger partial charge in [0.05, 0.1) is 0 Å². The van der Waals surface area contributed by atoms with Crippen LogP contribution in [0.3, 0.4) is 0 Å². The number of carbonyl (C=O) groups is 2. The molecule has 2 N–H and O–H groups in total. The minimum Gasteiger partial charge on any atom is -0.325 e. The summed E-state index contributed by atoms with van der Waals surface area (Å²) in [5.74, 6) is -0.255. The summed E-state index contributed by atoms with van der Waals surface area (Å²) in [6.45, 7) is 3.51. The summed E-state index contributed by atoms with van der Waals surface area (Å²) in [5.41, 5.74) is 2.67. The predicted molar refractivity (Wildman–Crippen MR) is 101 cm³/mol. The number of carbonyl (C=O) groups excluding carboxylic acids is 2. The van der Waals surface area contributed by atoms with Crippen LogP contribution in [0.15, 0.2) is 30.3 Å². The van der Waals surface area contributed by atoms with E-state index in [-0.39, 0.29) is 11.9 Å². The first-order chi connectivity index (χ1) is 12.5. The highest BCUT2D eigenvalue weighted by Gasteiger charge is 2.15. The molecule has 0 aliphatic carbocycles. The molecule has 3 amide bonds. The summed E-state index contributed by atoms with van der Waals surface area (Å²) >= 11 is 0. The van der Waals surface area contributed by atoms with Crippen molar-refractivity contribution in [2.45, 2.75) is 32.6 Å². The third-order valence-electron chi connectivity index (χ3n) is 4.63. The zero-order valence-electron chi connectivity index (χ0n) is 15.3. The van der Waals surface area contributed by atoms with Gasteiger partial charge in [-0.1, -0.05) is 12.8 Å². The number of amides is 3. The van der Waals surface area contributed by atoms with E-state index in [2.05, 4.69) is 15.7 Å². The van der Waals surface area contributed by atoms with Crippen LogP contribution >= 0.6 is 0 Å². The molecule has 0 spiro atoms. The summed E-state index contributed by atoms with van der Waals surface area (Å²) in [5, 5.41) is 9.90. The van der Waals surface area contributed by atoms with Crippen molar-refractivity contribution in [3.05, 3.63) is 41.7 Å². The maximum Gasteiger partial charge on any atom is 0.321 e. The topological polar surface area (TPSA) is 79.3 Å². The number of aromatic nitrogens is 2. The molecule has 0 saturated carbocycles. The van der Waals surface area contributed by atoms with Crippen LogP contribution in [0.2, 0.25) is 0 Å². The lowest BCUT2D eigenvalue weighted by molar-refractivity contribution is 0.102. The summed E-state index contributed by atoms with van der Waals surface area (Å²) in [7, 11) is 1.80. The van der Waals surface area contributed by atoms with Crippen LogP contribution in [0.5, 0.6) is 0 Å². The first kappa shape index (κ1) is 18.0. The Morgan fingerprint density at radius 2 is 1.54 bits per heavy atom. The fraction of sp³-hybridized carbons (Fsp3) is 0.421. The van der Waals surface area contributed by atoms with Gasteiger partial charge in [0.1, 0.15) is 0 Å². The second kappa shape index (κ2) is 8.03. The maximum absolute atomic E-state index is 12.3. The number of benzene rings is 1. The molecule has 26 heavy (non-hydrogen) atoms. The molecule has 138 valence electrons. The van der Waals surface area contributed by atoms with Crippen molar-refractivity contribution in [3.63, 3.8) is 0 Å². The molecule has 1 fully saturated rings. The SMILES string of the molecule is Cc1cc(C(=O)Nc2ccc(NC(=O)N3CCCCCC3)cc2)nn1C. The molecule has 3 rings (SSSR count). The van der Waals surface area contributed by atoms with Gasteiger partial charge in [0.15, 0.2) is 5.69 Å². The monoisotopic (exact) mass is 355 g/mol. The van der Waals surface area contributed by atoms with E-state index >= 15 is 0 Å². The molecule has 2 aromatic rings. The van der Waals surface area contributed by atoms with Crippen molar-refractivity contribution in [2.24, 2.45) is 7.05 Å². The third-order valence-corrected chi connectivity index (χ3v) is 4.63. The van der Waals surface area contributed by atoms with E-state index in [4.69, 9.17) is 0 Å². The van der Waals surface area contributed by atoms with Crippen LogP contribution in [0.25, 0.3) is 0 Å². The lowest BCUT2D eigenvalue weighted by atomic mass is 10.2. The van der Waals surface area contributed by atoms with Gasteiger partial charge < -0.3 is 15.5 Å². The van der Waals surface area contributed by atoms with Crippen LogP contribution < -0.4 is 10.6 Å². The van der Waals surface area contributed by atoms with Crippen molar-refractivity contribution in [1.29, 1.82) is 0 Å². The number of likely N-dealkylation sites (tertiary alicyclic amines) is 1. The largest absolute Gasteiger partial charge is 0.325 e. The fourth-order valence-corrected chi connectivity index (χ4v) is 2.98. The zero-order valence-corrected chi connectivity index (χ0v) is 15.3. The predicted octanol–water partition coefficient (Wildman–Crippen LogP) is 3.39. The van der Waals surface area contributed by atoms with E-state index in [0.717, 1.165) is 31.6 Å². The molecular weight excluding hydrogens is 330 g/mol. The molecule has 2 heterocycles. The molecule has 1 aliphatic rings. The van der Waals surface area contributed by atoms with E-state index in [9.17, 15) is 9.59 Å². The highest BCUT2D eigenvalue weighted by molar-refractivity contribution is 6.03. The van der Waals surface area contributed by atoms with E-state index in [1.54, 1.807) is 42.1 Å². The van der Waals surface area contributed by atoms with Crippen molar-refractivity contribution >= 4 is 23.3 Å². The van der Waals surface area contributed by atoms with Crippen molar-refractivity contribution < 1.29 is 9.59 Å². The molecule has 7 heteroatoms. The summed E-state index contributed by atoms with van der Waals surface area (Å²) in [4.78, 5) is 26.4. The van der Waals surface area contributed by atoms with Crippen LogP contribution in [-0.2, 0) is 7.05 Å². The minimum atomic E-state index is -0.255. The number of nitrogens with zero attached hydrogens (tertiary/aromatic N) is 3. The van der Waals surface area contributed by atoms with E-state index in [1.165, 1.54) is 12.8 Å². The smallest absolute Gasteiger partial charge is 0.321 e. The number of urea groups is 1. The number of aryl methyl sites for hydroxylation is 2. The Balaban J connectivity index is 1.57. The summed E-state index contributed by atoms with van der Waals surface area (Å²) < 4.78 is 1.66. The highest BCUT2D eigenvalue weighted by Crippen LogP contribution is 2.16. The maximum atomic E-state index is 12.3. The lowest BCUT2D eigenvalue weighted by Crippen LogP contribution is -2.35. The first-order valence-electron chi connectivity index (χ1n) is 9.01. The zero-order chi connectivity index (χ0) is 18.5. The van der Waals surface area contributed by atoms with Gasteiger partial charge in [-0.15, -0.1) is 0 Å². The summed E-state index contributed by atoms with van der Waals surface area (Å²) in [6, 6.07) is 8.79. The van der Waals surface area contributed by atoms with Gasteiger partial charge in [0.2, 0.25) is 0 Å². The van der Waals surface area contributed by atoms with Gasteiger partial charge in [0, 0.05) is 37.2 Å². The van der Waals surface area contributed by atoms with Crippen molar-refractivity contribution in [1.82, 2.24) is 14.7 Å². The Morgan fingerprint density at radius 1 is 0.962 bits per heavy atom. The molecular formula is C19H25N5O2.